The van der Waals surface area contributed by atoms with Crippen LogP contribution in [0.2, 0.25) is 5.02 Å². The Labute approximate surface area is 182 Å². The van der Waals surface area contributed by atoms with Gasteiger partial charge in [-0.15, -0.1) is 9.58 Å². The molecule has 164 valence electrons. The second kappa shape index (κ2) is 8.96. The van der Waals surface area contributed by atoms with Crippen LogP contribution in [0.5, 0.6) is 0 Å². The Morgan fingerprint density at radius 3 is 2.65 bits per heavy atom. The van der Waals surface area contributed by atoms with Crippen LogP contribution < -0.4 is 5.32 Å². The van der Waals surface area contributed by atoms with Crippen LogP contribution in [0.4, 0.5) is 15.1 Å². The number of nitrogens with one attached hydrogen (secondary N) is 1. The first-order valence-corrected chi connectivity index (χ1v) is 10.7. The summed E-state index contributed by atoms with van der Waals surface area (Å²) in [4.78, 5) is 16.0. The van der Waals surface area contributed by atoms with E-state index in [0.29, 0.717) is 10.6 Å². The van der Waals surface area contributed by atoms with Gasteiger partial charge in [0.25, 0.3) is 10.0 Å². The van der Waals surface area contributed by atoms with E-state index in [1.165, 1.54) is 30.1 Å². The number of hydrogen-bond acceptors (Lipinski definition) is 7. The van der Waals surface area contributed by atoms with E-state index < -0.39 is 31.6 Å². The molecule has 1 atom stereocenters. The number of rotatable bonds is 6. The summed E-state index contributed by atoms with van der Waals surface area (Å²) in [5.74, 6) is 0.00743. The number of halogens is 2. The fraction of sp³-hybridized carbons (Fsp3) is 0.222. The molecule has 0 unspecified atom stereocenters. The van der Waals surface area contributed by atoms with Crippen LogP contribution in [0.25, 0.3) is 11.4 Å². The molecule has 0 aliphatic rings. The molecule has 10 nitrogen and oxygen atoms in total. The summed E-state index contributed by atoms with van der Waals surface area (Å²) in [6.45, 7) is 1.64. The molecule has 3 rings (SSSR count). The molecule has 0 fully saturated rings. The Morgan fingerprint density at radius 1 is 1.26 bits per heavy atom. The van der Waals surface area contributed by atoms with Crippen LogP contribution in [0.3, 0.4) is 0 Å². The number of aromatic nitrogens is 4. The van der Waals surface area contributed by atoms with Crippen LogP contribution in [0, 0.1) is 0 Å². The van der Waals surface area contributed by atoms with Gasteiger partial charge >= 0.3 is 6.09 Å². The number of nitrogens with zero attached hydrogens (tertiary/aromatic N) is 5. The lowest BCUT2D eigenvalue weighted by Crippen LogP contribution is -2.20. The molecule has 0 spiro atoms. The predicted molar refractivity (Wildman–Crippen MR) is 110 cm³/mol. The lowest BCUT2D eigenvalue weighted by Gasteiger charge is -2.16. The summed E-state index contributed by atoms with van der Waals surface area (Å²) in [6, 6.07) is 9.40. The topological polar surface area (TPSA) is 119 Å². The van der Waals surface area contributed by atoms with Crippen LogP contribution in [0.15, 0.2) is 47.5 Å². The largest absolute Gasteiger partial charge is 0.441 e. The van der Waals surface area contributed by atoms with Gasteiger partial charge in [-0.2, -0.15) is 0 Å². The monoisotopic (exact) mass is 468 g/mol. The minimum absolute atomic E-state index is 0.00743. The second-order valence-electron chi connectivity index (χ2n) is 6.35. The lowest BCUT2D eigenvalue weighted by atomic mass is 10.1. The SMILES string of the molecule is C[C@@H](OC(=O)Nc1c(-c2ncccc2S(=O)(=O)N(C)F)nnn1C)c1ccccc1Cl. The minimum atomic E-state index is -4.48. The number of aryl methyl sites for hydroxylation is 1. The first-order valence-electron chi connectivity index (χ1n) is 8.84. The molecule has 1 amide bonds. The van der Waals surface area contributed by atoms with Crippen LogP contribution in [-0.4, -0.2) is 46.1 Å². The first-order chi connectivity index (χ1) is 14.6. The van der Waals surface area contributed by atoms with E-state index in [1.807, 2.05) is 0 Å². The maximum absolute atomic E-state index is 13.6. The zero-order valence-corrected chi connectivity index (χ0v) is 18.2. The van der Waals surface area contributed by atoms with Gasteiger partial charge in [-0.25, -0.2) is 17.9 Å². The smallest absolute Gasteiger partial charge is 0.413 e. The third-order valence-corrected chi connectivity index (χ3v) is 6.17. The Kier molecular flexibility index (Phi) is 6.53. The highest BCUT2D eigenvalue weighted by Crippen LogP contribution is 2.31. The zero-order valence-electron chi connectivity index (χ0n) is 16.7. The number of sulfonamides is 1. The molecule has 3 aromatic rings. The van der Waals surface area contributed by atoms with Crippen molar-refractivity contribution in [3.8, 4) is 11.4 Å². The average molecular weight is 469 g/mol. The van der Waals surface area contributed by atoms with Crippen molar-refractivity contribution in [3.05, 3.63) is 53.2 Å². The summed E-state index contributed by atoms with van der Waals surface area (Å²) >= 11 is 6.13. The van der Waals surface area contributed by atoms with E-state index in [0.717, 1.165) is 7.05 Å². The van der Waals surface area contributed by atoms with E-state index in [1.54, 1.807) is 31.2 Å². The number of pyridine rings is 1. The second-order valence-corrected chi connectivity index (χ2v) is 8.65. The van der Waals surface area contributed by atoms with E-state index in [-0.39, 0.29) is 17.2 Å². The van der Waals surface area contributed by atoms with Crippen molar-refractivity contribution in [2.45, 2.75) is 17.9 Å². The zero-order chi connectivity index (χ0) is 22.8. The van der Waals surface area contributed by atoms with Crippen molar-refractivity contribution in [1.29, 1.82) is 0 Å². The molecule has 2 heterocycles. The van der Waals surface area contributed by atoms with E-state index >= 15 is 0 Å². The summed E-state index contributed by atoms with van der Waals surface area (Å²) in [6.07, 6.45) is -0.227. The predicted octanol–water partition coefficient (Wildman–Crippen LogP) is 3.35. The van der Waals surface area contributed by atoms with Crippen LogP contribution in [-0.2, 0) is 21.8 Å². The molecular formula is C18H18ClFN6O4S. The molecule has 0 saturated heterocycles. The fourth-order valence-electron chi connectivity index (χ4n) is 2.72. The Hall–Kier alpha value is -3.09. The van der Waals surface area contributed by atoms with Crippen molar-refractivity contribution in [1.82, 2.24) is 24.5 Å². The highest BCUT2D eigenvalue weighted by molar-refractivity contribution is 7.89. The molecule has 0 bridgehead atoms. The first kappa shape index (κ1) is 22.6. The number of ether oxygens (including phenoxy) is 1. The van der Waals surface area contributed by atoms with Gasteiger partial charge in [-0.1, -0.05) is 35.0 Å². The third-order valence-electron chi connectivity index (χ3n) is 4.28. The van der Waals surface area contributed by atoms with Crippen molar-refractivity contribution in [3.63, 3.8) is 0 Å². The highest BCUT2D eigenvalue weighted by atomic mass is 35.5. The lowest BCUT2D eigenvalue weighted by molar-refractivity contribution is 0.121. The molecule has 0 saturated carbocycles. The van der Waals surface area contributed by atoms with Crippen molar-refractivity contribution < 1.29 is 22.4 Å². The maximum atomic E-state index is 13.6. The van der Waals surface area contributed by atoms with Gasteiger partial charge in [-0.3, -0.25) is 10.3 Å². The number of carbonyl (C=O) groups is 1. The molecule has 0 aliphatic heterocycles. The van der Waals surface area contributed by atoms with Crippen molar-refractivity contribution >= 4 is 33.5 Å². The summed E-state index contributed by atoms with van der Waals surface area (Å²) in [7, 11) is -2.26. The summed E-state index contributed by atoms with van der Waals surface area (Å²) in [5.41, 5.74) is 0.340. The van der Waals surface area contributed by atoms with Gasteiger partial charge in [-0.05, 0) is 29.7 Å². The molecule has 1 aromatic carbocycles. The molecular weight excluding hydrogens is 451 g/mol. The van der Waals surface area contributed by atoms with E-state index in [2.05, 4.69) is 20.6 Å². The molecule has 1 N–H and O–H groups in total. The molecule has 13 heteroatoms. The molecule has 2 aromatic heterocycles. The maximum Gasteiger partial charge on any atom is 0.413 e. The third kappa shape index (κ3) is 4.65. The number of amides is 1. The van der Waals surface area contributed by atoms with E-state index in [4.69, 9.17) is 16.3 Å². The van der Waals surface area contributed by atoms with E-state index in [9.17, 15) is 17.7 Å². The molecule has 0 radical (unpaired) electrons. The standard InChI is InChI=1S/C18H18ClFN6O4S/c1-11(12-7-4-5-8-13(12)19)30-18(27)22-17-16(23-24-25(17)2)15-14(9-6-10-21-15)31(28,29)26(3)20/h4-11H,1-3H3,(H,22,27)/t11-/m1/s1. The van der Waals surface area contributed by atoms with Gasteiger partial charge in [0, 0.05) is 30.9 Å². The average Bonchev–Trinajstić information content (AvgIpc) is 3.08. The summed E-state index contributed by atoms with van der Waals surface area (Å²) in [5, 5.41) is 10.6. The highest BCUT2D eigenvalue weighted by Gasteiger charge is 2.29. The number of anilines is 1. The Balaban J connectivity index is 1.91. The van der Waals surface area contributed by atoms with Crippen molar-refractivity contribution in [2.75, 3.05) is 12.4 Å². The van der Waals surface area contributed by atoms with Gasteiger partial charge in [0.05, 0.1) is 0 Å². The molecule has 0 aliphatic carbocycles. The van der Waals surface area contributed by atoms with Gasteiger partial charge in [0.2, 0.25) is 0 Å². The molecule has 31 heavy (non-hydrogen) atoms. The van der Waals surface area contributed by atoms with Crippen molar-refractivity contribution in [2.24, 2.45) is 7.05 Å². The number of carbonyl (C=O) groups excluding carboxylic acids is 1. The Morgan fingerprint density at radius 2 is 1.97 bits per heavy atom. The number of hydrogen-bond donors (Lipinski definition) is 1. The fourth-order valence-corrected chi connectivity index (χ4v) is 3.93. The van der Waals surface area contributed by atoms with Gasteiger partial charge in [0.15, 0.2) is 11.5 Å². The van der Waals surface area contributed by atoms with Gasteiger partial charge < -0.3 is 4.74 Å². The minimum Gasteiger partial charge on any atom is -0.441 e. The quantitative estimate of drug-likeness (QED) is 0.551. The Bertz CT molecular complexity index is 1220. The number of benzene rings is 1. The normalized spacial score (nSPS) is 12.6. The van der Waals surface area contributed by atoms with Crippen LogP contribution >= 0.6 is 11.6 Å². The summed E-state index contributed by atoms with van der Waals surface area (Å²) < 4.78 is 44.4. The van der Waals surface area contributed by atoms with Crippen LogP contribution in [0.1, 0.15) is 18.6 Å². The van der Waals surface area contributed by atoms with Gasteiger partial charge in [0.1, 0.15) is 16.7 Å².